The Kier molecular flexibility index (Phi) is 4.50. The van der Waals surface area contributed by atoms with Gasteiger partial charge in [0.1, 0.15) is 0 Å². The van der Waals surface area contributed by atoms with Gasteiger partial charge in [-0.05, 0) is 6.92 Å². The van der Waals surface area contributed by atoms with E-state index in [4.69, 9.17) is 4.74 Å². The van der Waals surface area contributed by atoms with E-state index in [2.05, 4.69) is 23.7 Å². The first-order chi connectivity index (χ1) is 8.60. The van der Waals surface area contributed by atoms with Crippen LogP contribution in [0.15, 0.2) is 5.38 Å². The Bertz CT molecular complexity index is 412. The van der Waals surface area contributed by atoms with E-state index in [1.165, 1.54) is 11.3 Å². The number of carbonyl (C=O) groups is 1. The summed E-state index contributed by atoms with van der Waals surface area (Å²) in [6, 6.07) is 0. The van der Waals surface area contributed by atoms with Crippen molar-refractivity contribution < 1.29 is 9.53 Å². The summed E-state index contributed by atoms with van der Waals surface area (Å²) in [6.07, 6.45) is 0. The molecule has 1 aliphatic heterocycles. The zero-order valence-corrected chi connectivity index (χ0v) is 12.5. The van der Waals surface area contributed by atoms with Gasteiger partial charge in [-0.3, -0.25) is 0 Å². The molecule has 18 heavy (non-hydrogen) atoms. The molecule has 0 spiro atoms. The minimum atomic E-state index is -0.326. The SMILES string of the molecule is CCOC(=O)c1csc(N2CC(C)SC(C)C2)n1. The molecule has 0 N–H and O–H groups in total. The Labute approximate surface area is 116 Å². The molecule has 1 fully saturated rings. The molecule has 0 radical (unpaired) electrons. The fraction of sp³-hybridized carbons (Fsp3) is 0.667. The molecule has 0 saturated carbocycles. The lowest BCUT2D eigenvalue weighted by molar-refractivity contribution is 0.0520. The highest BCUT2D eigenvalue weighted by atomic mass is 32.2. The second-order valence-corrected chi connectivity index (χ2v) is 7.12. The number of hydrogen-bond donors (Lipinski definition) is 0. The third kappa shape index (κ3) is 3.17. The molecule has 1 saturated heterocycles. The van der Waals surface area contributed by atoms with Crippen LogP contribution in [-0.4, -0.2) is 41.1 Å². The van der Waals surface area contributed by atoms with Crippen LogP contribution in [0, 0.1) is 0 Å². The second-order valence-electron chi connectivity index (χ2n) is 4.40. The van der Waals surface area contributed by atoms with Gasteiger partial charge in [0.25, 0.3) is 0 Å². The molecule has 0 aromatic carbocycles. The quantitative estimate of drug-likeness (QED) is 0.799. The van der Waals surface area contributed by atoms with Crippen LogP contribution in [0.25, 0.3) is 0 Å². The minimum absolute atomic E-state index is 0.326. The van der Waals surface area contributed by atoms with Crippen molar-refractivity contribution in [3.63, 3.8) is 0 Å². The van der Waals surface area contributed by atoms with Crippen LogP contribution in [0.1, 0.15) is 31.3 Å². The molecule has 2 atom stereocenters. The fourth-order valence-electron chi connectivity index (χ4n) is 2.04. The van der Waals surface area contributed by atoms with Gasteiger partial charge >= 0.3 is 5.97 Å². The van der Waals surface area contributed by atoms with E-state index in [1.807, 2.05) is 11.8 Å². The highest BCUT2D eigenvalue weighted by molar-refractivity contribution is 8.00. The van der Waals surface area contributed by atoms with Gasteiger partial charge in [0, 0.05) is 29.0 Å². The molecule has 1 aliphatic rings. The third-order valence-electron chi connectivity index (χ3n) is 2.67. The Morgan fingerprint density at radius 1 is 1.50 bits per heavy atom. The summed E-state index contributed by atoms with van der Waals surface area (Å²) in [5, 5.41) is 3.91. The smallest absolute Gasteiger partial charge is 0.357 e. The van der Waals surface area contributed by atoms with Gasteiger partial charge in [0.2, 0.25) is 0 Å². The number of thioether (sulfide) groups is 1. The monoisotopic (exact) mass is 286 g/mol. The summed E-state index contributed by atoms with van der Waals surface area (Å²) in [4.78, 5) is 18.2. The molecule has 1 aromatic rings. The van der Waals surface area contributed by atoms with Gasteiger partial charge in [-0.1, -0.05) is 13.8 Å². The van der Waals surface area contributed by atoms with Crippen LogP contribution in [0.5, 0.6) is 0 Å². The van der Waals surface area contributed by atoms with E-state index >= 15 is 0 Å². The summed E-state index contributed by atoms with van der Waals surface area (Å²) >= 11 is 3.52. The summed E-state index contributed by atoms with van der Waals surface area (Å²) in [7, 11) is 0. The minimum Gasteiger partial charge on any atom is -0.461 e. The number of anilines is 1. The average molecular weight is 286 g/mol. The maximum absolute atomic E-state index is 11.6. The van der Waals surface area contributed by atoms with E-state index < -0.39 is 0 Å². The van der Waals surface area contributed by atoms with Crippen LogP contribution in [-0.2, 0) is 4.74 Å². The molecule has 2 rings (SSSR count). The number of rotatable bonds is 3. The van der Waals surface area contributed by atoms with Crippen molar-refractivity contribution in [3.8, 4) is 0 Å². The molecule has 0 amide bonds. The Morgan fingerprint density at radius 2 is 2.17 bits per heavy atom. The van der Waals surface area contributed by atoms with E-state index in [1.54, 1.807) is 12.3 Å². The van der Waals surface area contributed by atoms with Gasteiger partial charge in [-0.15, -0.1) is 11.3 Å². The lowest BCUT2D eigenvalue weighted by Gasteiger charge is -2.34. The van der Waals surface area contributed by atoms with Crippen LogP contribution in [0.3, 0.4) is 0 Å². The lowest BCUT2D eigenvalue weighted by Crippen LogP contribution is -2.40. The predicted molar refractivity (Wildman–Crippen MR) is 76.8 cm³/mol. The van der Waals surface area contributed by atoms with E-state index in [0.29, 0.717) is 22.8 Å². The standard InChI is InChI=1S/C12H18N2O2S2/c1-4-16-11(15)10-7-17-12(13-10)14-5-8(2)18-9(3)6-14/h7-9H,4-6H2,1-3H3. The van der Waals surface area contributed by atoms with Crippen LogP contribution >= 0.6 is 23.1 Å². The van der Waals surface area contributed by atoms with Gasteiger partial charge in [-0.25, -0.2) is 9.78 Å². The molecule has 6 heteroatoms. The highest BCUT2D eigenvalue weighted by Gasteiger charge is 2.25. The average Bonchev–Trinajstić information content (AvgIpc) is 2.77. The zero-order valence-electron chi connectivity index (χ0n) is 10.9. The van der Waals surface area contributed by atoms with Crippen molar-refractivity contribution in [2.24, 2.45) is 0 Å². The molecule has 100 valence electrons. The van der Waals surface area contributed by atoms with E-state index in [0.717, 1.165) is 18.2 Å². The maximum atomic E-state index is 11.6. The second kappa shape index (κ2) is 5.93. The van der Waals surface area contributed by atoms with Crippen molar-refractivity contribution in [1.82, 2.24) is 4.98 Å². The number of esters is 1. The van der Waals surface area contributed by atoms with Crippen LogP contribution in [0.4, 0.5) is 5.13 Å². The van der Waals surface area contributed by atoms with Gasteiger partial charge in [0.05, 0.1) is 6.61 Å². The first-order valence-electron chi connectivity index (χ1n) is 6.13. The van der Waals surface area contributed by atoms with E-state index in [-0.39, 0.29) is 5.97 Å². The molecule has 0 bridgehead atoms. The Morgan fingerprint density at radius 3 is 2.78 bits per heavy atom. The lowest BCUT2D eigenvalue weighted by atomic mass is 10.3. The first kappa shape index (κ1) is 13.7. The summed E-state index contributed by atoms with van der Waals surface area (Å²) < 4.78 is 4.95. The molecule has 4 nitrogen and oxygen atoms in total. The summed E-state index contributed by atoms with van der Waals surface area (Å²) in [5.41, 5.74) is 0.426. The van der Waals surface area contributed by atoms with Crippen molar-refractivity contribution in [2.75, 3.05) is 24.6 Å². The van der Waals surface area contributed by atoms with Crippen molar-refractivity contribution in [2.45, 2.75) is 31.3 Å². The van der Waals surface area contributed by atoms with Gasteiger partial charge in [0.15, 0.2) is 10.8 Å². The van der Waals surface area contributed by atoms with Crippen molar-refractivity contribution in [1.29, 1.82) is 0 Å². The number of aromatic nitrogens is 1. The number of ether oxygens (including phenoxy) is 1. The molecular formula is C12H18N2O2S2. The number of carbonyl (C=O) groups excluding carboxylic acids is 1. The summed E-state index contributed by atoms with van der Waals surface area (Å²) in [6.45, 7) is 8.63. The third-order valence-corrected chi connectivity index (χ3v) is 4.80. The Hall–Kier alpha value is -0.750. The number of nitrogens with zero attached hydrogens (tertiary/aromatic N) is 2. The molecule has 0 aliphatic carbocycles. The number of thiazole rings is 1. The predicted octanol–water partition coefficient (Wildman–Crippen LogP) is 2.65. The fourth-order valence-corrected chi connectivity index (χ4v) is 4.18. The van der Waals surface area contributed by atoms with Crippen LogP contribution < -0.4 is 4.90 Å². The molecule has 2 unspecified atom stereocenters. The largest absolute Gasteiger partial charge is 0.461 e. The molecular weight excluding hydrogens is 268 g/mol. The maximum Gasteiger partial charge on any atom is 0.357 e. The normalized spacial score (nSPS) is 24.1. The molecule has 1 aromatic heterocycles. The van der Waals surface area contributed by atoms with Crippen molar-refractivity contribution >= 4 is 34.2 Å². The van der Waals surface area contributed by atoms with Crippen molar-refractivity contribution in [3.05, 3.63) is 11.1 Å². The highest BCUT2D eigenvalue weighted by Crippen LogP contribution is 2.30. The van der Waals surface area contributed by atoms with Gasteiger partial charge in [-0.2, -0.15) is 11.8 Å². The first-order valence-corrected chi connectivity index (χ1v) is 7.95. The summed E-state index contributed by atoms with van der Waals surface area (Å²) in [5.74, 6) is -0.326. The topological polar surface area (TPSA) is 42.4 Å². The van der Waals surface area contributed by atoms with E-state index in [9.17, 15) is 4.79 Å². The number of hydrogen-bond acceptors (Lipinski definition) is 6. The van der Waals surface area contributed by atoms with Crippen LogP contribution in [0.2, 0.25) is 0 Å². The molecule has 2 heterocycles. The zero-order chi connectivity index (χ0) is 13.1. The van der Waals surface area contributed by atoms with Gasteiger partial charge < -0.3 is 9.64 Å². The Balaban J connectivity index is 2.07.